The van der Waals surface area contributed by atoms with Crippen LogP contribution < -0.4 is 5.32 Å². The zero-order valence-corrected chi connectivity index (χ0v) is 13.6. The van der Waals surface area contributed by atoms with Gasteiger partial charge in [-0.15, -0.1) is 0 Å². The summed E-state index contributed by atoms with van der Waals surface area (Å²) >= 11 is 0. The second-order valence-corrected chi connectivity index (χ2v) is 5.44. The van der Waals surface area contributed by atoms with Gasteiger partial charge in [-0.25, -0.2) is 9.78 Å². The number of morpholine rings is 1. The summed E-state index contributed by atoms with van der Waals surface area (Å²) in [5, 5.41) is 2.74. The van der Waals surface area contributed by atoms with Crippen molar-refractivity contribution in [3.63, 3.8) is 0 Å². The minimum Gasteiger partial charge on any atom is -0.382 e. The molecule has 1 aliphatic rings. The third-order valence-corrected chi connectivity index (χ3v) is 3.50. The molecule has 0 bridgehead atoms. The Bertz CT molecular complexity index is 545. The van der Waals surface area contributed by atoms with Gasteiger partial charge in [0.15, 0.2) is 0 Å². The van der Waals surface area contributed by atoms with Crippen molar-refractivity contribution in [3.05, 3.63) is 23.9 Å². The Morgan fingerprint density at radius 2 is 2.26 bits per heavy atom. The number of amides is 3. The Hall–Kier alpha value is -2.19. The van der Waals surface area contributed by atoms with Crippen LogP contribution in [0, 0.1) is 0 Å². The van der Waals surface area contributed by atoms with Gasteiger partial charge in [0.2, 0.25) is 0 Å². The van der Waals surface area contributed by atoms with Crippen LogP contribution in [0.5, 0.6) is 0 Å². The monoisotopic (exact) mass is 322 g/mol. The summed E-state index contributed by atoms with van der Waals surface area (Å²) in [5.41, 5.74) is 0.469. The first-order valence-corrected chi connectivity index (χ1v) is 7.35. The van der Waals surface area contributed by atoms with E-state index in [2.05, 4.69) is 10.3 Å². The summed E-state index contributed by atoms with van der Waals surface area (Å²) in [7, 11) is 4.94. The summed E-state index contributed by atoms with van der Waals surface area (Å²) in [6.45, 7) is 1.86. The number of nitrogens with one attached hydrogen (secondary N) is 1. The predicted molar refractivity (Wildman–Crippen MR) is 84.5 cm³/mol. The maximum atomic E-state index is 12.4. The van der Waals surface area contributed by atoms with E-state index in [1.807, 2.05) is 0 Å². The first-order chi connectivity index (χ1) is 11.0. The minimum atomic E-state index is -0.255. The molecule has 2 rings (SSSR count). The highest BCUT2D eigenvalue weighted by Gasteiger charge is 2.27. The van der Waals surface area contributed by atoms with Crippen LogP contribution in [0.25, 0.3) is 0 Å². The molecule has 1 unspecified atom stereocenters. The first-order valence-electron chi connectivity index (χ1n) is 7.35. The molecule has 0 aromatic carbocycles. The fourth-order valence-corrected chi connectivity index (χ4v) is 2.29. The molecular formula is C15H22N4O4. The number of rotatable bonds is 4. The van der Waals surface area contributed by atoms with Gasteiger partial charge in [-0.2, -0.15) is 0 Å². The zero-order chi connectivity index (χ0) is 16.8. The Labute approximate surface area is 135 Å². The van der Waals surface area contributed by atoms with E-state index in [1.54, 1.807) is 38.2 Å². The second-order valence-electron chi connectivity index (χ2n) is 5.44. The van der Waals surface area contributed by atoms with Gasteiger partial charge in [0.05, 0.1) is 31.4 Å². The topological polar surface area (TPSA) is 84.0 Å². The van der Waals surface area contributed by atoms with E-state index in [0.717, 1.165) is 0 Å². The van der Waals surface area contributed by atoms with Gasteiger partial charge >= 0.3 is 6.03 Å². The number of methoxy groups -OCH3 is 1. The van der Waals surface area contributed by atoms with Crippen molar-refractivity contribution in [2.45, 2.75) is 6.04 Å². The highest BCUT2D eigenvalue weighted by Crippen LogP contribution is 2.12. The standard InChI is InChI=1S/C15H22N4O4/c1-18(2)14(20)11-4-5-13(16-8-11)17-15(21)19-6-7-23-10-12(19)9-22-3/h4-5,8,12H,6-7,9-10H2,1-3H3,(H,16,17,21). The summed E-state index contributed by atoms with van der Waals surface area (Å²) in [5.74, 6) is 0.261. The van der Waals surface area contributed by atoms with E-state index in [4.69, 9.17) is 9.47 Å². The van der Waals surface area contributed by atoms with Gasteiger partial charge < -0.3 is 19.3 Å². The van der Waals surface area contributed by atoms with Crippen molar-refractivity contribution >= 4 is 17.8 Å². The van der Waals surface area contributed by atoms with Crippen LogP contribution in [-0.2, 0) is 9.47 Å². The third kappa shape index (κ3) is 4.40. The largest absolute Gasteiger partial charge is 0.382 e. The molecule has 0 saturated carbocycles. The Kier molecular flexibility index (Phi) is 5.89. The number of anilines is 1. The molecule has 1 aromatic rings. The highest BCUT2D eigenvalue weighted by atomic mass is 16.5. The number of ether oxygens (including phenoxy) is 2. The number of aromatic nitrogens is 1. The lowest BCUT2D eigenvalue weighted by Gasteiger charge is -2.34. The number of carbonyl (C=O) groups is 2. The Morgan fingerprint density at radius 1 is 1.48 bits per heavy atom. The van der Waals surface area contributed by atoms with E-state index in [1.165, 1.54) is 11.1 Å². The van der Waals surface area contributed by atoms with Crippen molar-refractivity contribution in [1.82, 2.24) is 14.8 Å². The molecule has 126 valence electrons. The molecule has 3 amide bonds. The van der Waals surface area contributed by atoms with Crippen LogP contribution in [0.4, 0.5) is 10.6 Å². The lowest BCUT2D eigenvalue weighted by atomic mass is 10.2. The maximum absolute atomic E-state index is 12.4. The maximum Gasteiger partial charge on any atom is 0.323 e. The Balaban J connectivity index is 2.00. The molecule has 23 heavy (non-hydrogen) atoms. The quantitative estimate of drug-likeness (QED) is 0.880. The molecule has 0 spiro atoms. The van der Waals surface area contributed by atoms with E-state index >= 15 is 0 Å². The number of hydrogen-bond acceptors (Lipinski definition) is 5. The van der Waals surface area contributed by atoms with Crippen LogP contribution in [-0.4, -0.2) is 80.3 Å². The van der Waals surface area contributed by atoms with Crippen LogP contribution >= 0.6 is 0 Å². The first kappa shape index (κ1) is 17.2. The average molecular weight is 322 g/mol. The molecule has 1 aromatic heterocycles. The molecule has 0 aliphatic carbocycles. The molecule has 2 heterocycles. The number of carbonyl (C=O) groups excluding carboxylic acids is 2. The zero-order valence-electron chi connectivity index (χ0n) is 13.6. The van der Waals surface area contributed by atoms with Crippen molar-refractivity contribution in [2.24, 2.45) is 0 Å². The van der Waals surface area contributed by atoms with Gasteiger partial charge in [0.1, 0.15) is 5.82 Å². The van der Waals surface area contributed by atoms with Crippen molar-refractivity contribution in [3.8, 4) is 0 Å². The van der Waals surface area contributed by atoms with Crippen LogP contribution in [0.3, 0.4) is 0 Å². The molecule has 8 nitrogen and oxygen atoms in total. The predicted octanol–water partition coefficient (Wildman–Crippen LogP) is 0.662. The number of pyridine rings is 1. The second kappa shape index (κ2) is 7.89. The summed E-state index contributed by atoms with van der Waals surface area (Å²) in [4.78, 5) is 31.4. The molecule has 1 atom stereocenters. The van der Waals surface area contributed by atoms with E-state index in [0.29, 0.717) is 37.7 Å². The molecule has 1 saturated heterocycles. The average Bonchev–Trinajstić information content (AvgIpc) is 2.55. The van der Waals surface area contributed by atoms with E-state index in [-0.39, 0.29) is 18.0 Å². The smallest absolute Gasteiger partial charge is 0.323 e. The summed E-state index contributed by atoms with van der Waals surface area (Å²) in [6.07, 6.45) is 1.45. The summed E-state index contributed by atoms with van der Waals surface area (Å²) < 4.78 is 10.5. The normalized spacial score (nSPS) is 17.7. The number of hydrogen-bond donors (Lipinski definition) is 1. The molecule has 8 heteroatoms. The summed E-state index contributed by atoms with van der Waals surface area (Å²) in [6, 6.07) is 2.87. The minimum absolute atomic E-state index is 0.122. The molecular weight excluding hydrogens is 300 g/mol. The van der Waals surface area contributed by atoms with Crippen molar-refractivity contribution in [1.29, 1.82) is 0 Å². The number of nitrogens with zero attached hydrogens (tertiary/aromatic N) is 3. The van der Waals surface area contributed by atoms with Gasteiger partial charge in [0, 0.05) is 33.9 Å². The molecule has 1 fully saturated rings. The fraction of sp³-hybridized carbons (Fsp3) is 0.533. The lowest BCUT2D eigenvalue weighted by molar-refractivity contribution is -0.0133. The SMILES string of the molecule is COCC1COCCN1C(=O)Nc1ccc(C(=O)N(C)C)cn1. The van der Waals surface area contributed by atoms with E-state index < -0.39 is 0 Å². The van der Waals surface area contributed by atoms with Gasteiger partial charge in [0.25, 0.3) is 5.91 Å². The van der Waals surface area contributed by atoms with E-state index in [9.17, 15) is 9.59 Å². The Morgan fingerprint density at radius 3 is 2.87 bits per heavy atom. The number of urea groups is 1. The fourth-order valence-electron chi connectivity index (χ4n) is 2.29. The highest BCUT2D eigenvalue weighted by molar-refractivity contribution is 5.94. The van der Waals surface area contributed by atoms with Gasteiger partial charge in [-0.1, -0.05) is 0 Å². The molecule has 1 N–H and O–H groups in total. The van der Waals surface area contributed by atoms with Gasteiger partial charge in [-0.3, -0.25) is 10.1 Å². The molecule has 1 aliphatic heterocycles. The molecule has 0 radical (unpaired) electrons. The van der Waals surface area contributed by atoms with Crippen LogP contribution in [0.2, 0.25) is 0 Å². The van der Waals surface area contributed by atoms with Crippen LogP contribution in [0.1, 0.15) is 10.4 Å². The van der Waals surface area contributed by atoms with Crippen molar-refractivity contribution < 1.29 is 19.1 Å². The lowest BCUT2D eigenvalue weighted by Crippen LogP contribution is -2.52. The van der Waals surface area contributed by atoms with Crippen molar-refractivity contribution in [2.75, 3.05) is 52.9 Å². The van der Waals surface area contributed by atoms with Gasteiger partial charge in [-0.05, 0) is 12.1 Å². The van der Waals surface area contributed by atoms with Crippen LogP contribution in [0.15, 0.2) is 18.3 Å². The third-order valence-electron chi connectivity index (χ3n) is 3.50.